The molecule has 5 heteroatoms. The Hall–Kier alpha value is -2.04. The molecule has 0 aliphatic heterocycles. The summed E-state index contributed by atoms with van der Waals surface area (Å²) in [5, 5.41) is 0. The number of ketones is 1. The maximum atomic E-state index is 13.5. The van der Waals surface area contributed by atoms with Gasteiger partial charge in [0.25, 0.3) is 0 Å². The Bertz CT molecular complexity index is 602. The number of furan rings is 1. The number of hydrogen-bond acceptors (Lipinski definition) is 2. The van der Waals surface area contributed by atoms with Gasteiger partial charge in [-0.15, -0.1) is 0 Å². The zero-order valence-electron chi connectivity index (χ0n) is 9.47. The zero-order chi connectivity index (χ0) is 13.3. The number of Topliss-reactive ketones (excluding diaryl/α,β-unsaturated/α-hetero) is 1. The highest BCUT2D eigenvalue weighted by atomic mass is 19.2. The molecule has 2 aromatic rings. The molecule has 2 nitrogen and oxygen atoms in total. The molecular formula is C13H9F3O2. The van der Waals surface area contributed by atoms with Gasteiger partial charge in [-0.25, -0.2) is 13.2 Å². The lowest BCUT2D eigenvalue weighted by Crippen LogP contribution is -1.94. The minimum absolute atomic E-state index is 0.0580. The van der Waals surface area contributed by atoms with Crippen LogP contribution in [0.25, 0.3) is 11.3 Å². The molecule has 0 aliphatic carbocycles. The molecule has 0 bridgehead atoms. The third kappa shape index (κ3) is 2.30. The van der Waals surface area contributed by atoms with Gasteiger partial charge in [0, 0.05) is 0 Å². The van der Waals surface area contributed by atoms with Crippen LogP contribution in [0.4, 0.5) is 13.2 Å². The zero-order valence-corrected chi connectivity index (χ0v) is 9.47. The quantitative estimate of drug-likeness (QED) is 0.785. The van der Waals surface area contributed by atoms with Crippen molar-refractivity contribution in [3.8, 4) is 11.3 Å². The van der Waals surface area contributed by atoms with Crippen molar-refractivity contribution in [3.05, 3.63) is 47.5 Å². The Labute approximate surface area is 101 Å². The number of rotatable bonds is 3. The maximum absolute atomic E-state index is 13.5. The van der Waals surface area contributed by atoms with E-state index in [2.05, 4.69) is 0 Å². The highest BCUT2D eigenvalue weighted by molar-refractivity contribution is 5.77. The first kappa shape index (κ1) is 12.4. The van der Waals surface area contributed by atoms with Crippen molar-refractivity contribution in [3.63, 3.8) is 0 Å². The number of halogens is 3. The summed E-state index contributed by atoms with van der Waals surface area (Å²) in [7, 11) is 0. The van der Waals surface area contributed by atoms with E-state index in [1.165, 1.54) is 19.1 Å². The second kappa shape index (κ2) is 4.68. The lowest BCUT2D eigenvalue weighted by Gasteiger charge is -2.01. The average molecular weight is 254 g/mol. The van der Waals surface area contributed by atoms with Crippen molar-refractivity contribution in [2.45, 2.75) is 13.3 Å². The predicted molar refractivity (Wildman–Crippen MR) is 58.4 cm³/mol. The number of carbonyl (C=O) groups is 1. The summed E-state index contributed by atoms with van der Waals surface area (Å²) in [5.41, 5.74) is -0.177. The number of carbonyl (C=O) groups excluding carboxylic acids is 1. The summed E-state index contributed by atoms with van der Waals surface area (Å²) in [4.78, 5) is 10.9. The molecule has 0 radical (unpaired) electrons. The largest absolute Gasteiger partial charge is 0.461 e. The number of hydrogen-bond donors (Lipinski definition) is 0. The highest BCUT2D eigenvalue weighted by Gasteiger charge is 2.17. The molecule has 1 heterocycles. The van der Waals surface area contributed by atoms with Gasteiger partial charge < -0.3 is 4.42 Å². The van der Waals surface area contributed by atoms with Gasteiger partial charge in [0.2, 0.25) is 0 Å². The van der Waals surface area contributed by atoms with Gasteiger partial charge in [0.05, 0.1) is 12.0 Å². The Morgan fingerprint density at radius 2 is 1.83 bits per heavy atom. The summed E-state index contributed by atoms with van der Waals surface area (Å²) in [6.45, 7) is 1.39. The Morgan fingerprint density at radius 3 is 2.50 bits per heavy atom. The molecule has 0 fully saturated rings. The highest BCUT2D eigenvalue weighted by Crippen LogP contribution is 2.27. The second-order valence-corrected chi connectivity index (χ2v) is 3.87. The van der Waals surface area contributed by atoms with Crippen LogP contribution in [-0.4, -0.2) is 5.78 Å². The van der Waals surface area contributed by atoms with Crippen LogP contribution < -0.4 is 0 Å². The van der Waals surface area contributed by atoms with Gasteiger partial charge >= 0.3 is 0 Å². The molecule has 0 aliphatic rings. The third-order valence-electron chi connectivity index (χ3n) is 2.39. The van der Waals surface area contributed by atoms with Crippen LogP contribution in [0.1, 0.15) is 12.7 Å². The minimum atomic E-state index is -1.54. The van der Waals surface area contributed by atoms with Gasteiger partial charge in [0.1, 0.15) is 17.3 Å². The van der Waals surface area contributed by atoms with E-state index >= 15 is 0 Å². The average Bonchev–Trinajstić information content (AvgIpc) is 2.73. The van der Waals surface area contributed by atoms with Crippen molar-refractivity contribution in [1.82, 2.24) is 0 Å². The van der Waals surface area contributed by atoms with Crippen molar-refractivity contribution in [2.24, 2.45) is 0 Å². The van der Waals surface area contributed by atoms with Gasteiger partial charge in [-0.2, -0.15) is 0 Å². The molecule has 0 saturated carbocycles. The van der Waals surface area contributed by atoms with Crippen LogP contribution in [0, 0.1) is 17.5 Å². The van der Waals surface area contributed by atoms with Crippen molar-refractivity contribution in [1.29, 1.82) is 0 Å². The van der Waals surface area contributed by atoms with Gasteiger partial charge in [-0.05, 0) is 31.2 Å². The molecule has 0 amide bonds. The van der Waals surface area contributed by atoms with E-state index in [1.807, 2.05) is 0 Å². The Balaban J connectivity index is 2.40. The van der Waals surface area contributed by atoms with E-state index < -0.39 is 17.5 Å². The lowest BCUT2D eigenvalue weighted by molar-refractivity contribution is -0.116. The van der Waals surface area contributed by atoms with Gasteiger partial charge in [-0.3, -0.25) is 4.79 Å². The van der Waals surface area contributed by atoms with E-state index in [1.54, 1.807) is 0 Å². The van der Waals surface area contributed by atoms with E-state index in [-0.39, 0.29) is 23.5 Å². The normalized spacial score (nSPS) is 10.7. The molecule has 18 heavy (non-hydrogen) atoms. The second-order valence-electron chi connectivity index (χ2n) is 3.87. The molecule has 0 saturated heterocycles. The van der Waals surface area contributed by atoms with Crippen LogP contribution in [0.3, 0.4) is 0 Å². The van der Waals surface area contributed by atoms with Gasteiger partial charge in [0.15, 0.2) is 17.5 Å². The summed E-state index contributed by atoms with van der Waals surface area (Å²) >= 11 is 0. The van der Waals surface area contributed by atoms with Crippen molar-refractivity contribution >= 4 is 5.78 Å². The van der Waals surface area contributed by atoms with Crippen molar-refractivity contribution < 1.29 is 22.4 Å². The fourth-order valence-electron chi connectivity index (χ4n) is 1.58. The Morgan fingerprint density at radius 1 is 1.11 bits per heavy atom. The molecule has 2 rings (SSSR count). The summed E-state index contributed by atoms with van der Waals surface area (Å²) in [6, 6.07) is 4.82. The molecule has 0 unspecified atom stereocenters. The molecule has 0 N–H and O–H groups in total. The van der Waals surface area contributed by atoms with Gasteiger partial charge in [-0.1, -0.05) is 0 Å². The molecule has 1 aromatic heterocycles. The molecular weight excluding hydrogens is 245 g/mol. The van der Waals surface area contributed by atoms with E-state index in [9.17, 15) is 18.0 Å². The van der Waals surface area contributed by atoms with E-state index in [0.29, 0.717) is 5.76 Å². The monoisotopic (exact) mass is 254 g/mol. The maximum Gasteiger partial charge on any atom is 0.195 e. The first-order valence-corrected chi connectivity index (χ1v) is 5.21. The molecule has 94 valence electrons. The fourth-order valence-corrected chi connectivity index (χ4v) is 1.58. The smallest absolute Gasteiger partial charge is 0.195 e. The topological polar surface area (TPSA) is 30.2 Å². The van der Waals surface area contributed by atoms with Crippen LogP contribution in [-0.2, 0) is 11.2 Å². The van der Waals surface area contributed by atoms with Crippen molar-refractivity contribution in [2.75, 3.05) is 0 Å². The van der Waals surface area contributed by atoms with Crippen LogP contribution in [0.2, 0.25) is 0 Å². The summed E-state index contributed by atoms with van der Waals surface area (Å²) in [6.07, 6.45) is 0.0747. The lowest BCUT2D eigenvalue weighted by atomic mass is 10.1. The molecule has 1 aromatic carbocycles. The first-order chi connectivity index (χ1) is 8.49. The number of benzene rings is 1. The van der Waals surface area contributed by atoms with Crippen LogP contribution >= 0.6 is 0 Å². The fraction of sp³-hybridized carbons (Fsp3) is 0.154. The first-order valence-electron chi connectivity index (χ1n) is 5.21. The van der Waals surface area contributed by atoms with Crippen LogP contribution in [0.15, 0.2) is 28.7 Å². The Kier molecular flexibility index (Phi) is 3.23. The molecule has 0 atom stereocenters. The third-order valence-corrected chi connectivity index (χ3v) is 2.39. The SMILES string of the molecule is CC(=O)Cc1ccc(-c2ccc(F)c(F)c2F)o1. The van der Waals surface area contributed by atoms with Crippen LogP contribution in [0.5, 0.6) is 0 Å². The minimum Gasteiger partial charge on any atom is -0.461 e. The summed E-state index contributed by atoms with van der Waals surface area (Å²) < 4.78 is 44.5. The standard InChI is InChI=1S/C13H9F3O2/c1-7(17)6-8-2-5-11(18-8)9-3-4-10(14)13(16)12(9)15/h2-5H,6H2,1H3. The van der Waals surface area contributed by atoms with E-state index in [4.69, 9.17) is 4.42 Å². The predicted octanol–water partition coefficient (Wildman–Crippen LogP) is 3.50. The molecule has 0 spiro atoms. The summed E-state index contributed by atoms with van der Waals surface area (Å²) in [5.74, 6) is -3.81. The van der Waals surface area contributed by atoms with E-state index in [0.717, 1.165) is 12.1 Å².